The average Bonchev–Trinajstić information content (AvgIpc) is 2.98. The third-order valence-electron chi connectivity index (χ3n) is 3.17. The van der Waals surface area contributed by atoms with Gasteiger partial charge in [-0.15, -0.1) is 0 Å². The van der Waals surface area contributed by atoms with Gasteiger partial charge >= 0.3 is 0 Å². The lowest BCUT2D eigenvalue weighted by Crippen LogP contribution is -2.24. The van der Waals surface area contributed by atoms with Crippen molar-refractivity contribution in [3.05, 3.63) is 53.4 Å². The third kappa shape index (κ3) is 4.23. The normalized spacial score (nSPS) is 10.4. The number of nitrogens with zero attached hydrogens (tertiary/aromatic N) is 1. The fourth-order valence-electron chi connectivity index (χ4n) is 2.06. The first-order chi connectivity index (χ1) is 9.79. The van der Waals surface area contributed by atoms with Crippen LogP contribution in [0.25, 0.3) is 0 Å². The highest BCUT2D eigenvalue weighted by Gasteiger charge is 2.04. The predicted molar refractivity (Wildman–Crippen MR) is 77.6 cm³/mol. The van der Waals surface area contributed by atoms with Gasteiger partial charge in [-0.1, -0.05) is 30.6 Å². The lowest BCUT2D eigenvalue weighted by atomic mass is 10.1. The molecule has 0 aliphatic rings. The van der Waals surface area contributed by atoms with Gasteiger partial charge in [0.15, 0.2) is 0 Å². The van der Waals surface area contributed by atoms with E-state index >= 15 is 0 Å². The third-order valence-corrected chi connectivity index (χ3v) is 3.17. The minimum absolute atomic E-state index is 0.0154. The minimum Gasteiger partial charge on any atom is -0.364 e. The number of rotatable bonds is 7. The number of carbonyl (C=O) groups excluding carboxylic acids is 1. The summed E-state index contributed by atoms with van der Waals surface area (Å²) in [5, 5.41) is 6.57. The number of aryl methyl sites for hydroxylation is 2. The van der Waals surface area contributed by atoms with E-state index in [1.54, 1.807) is 12.5 Å². The van der Waals surface area contributed by atoms with Gasteiger partial charge in [-0.2, -0.15) is 0 Å². The Kier molecular flexibility index (Phi) is 5.35. The van der Waals surface area contributed by atoms with Crippen molar-refractivity contribution in [2.24, 2.45) is 0 Å². The Bertz CT molecular complexity index is 518. The maximum atomic E-state index is 11.9. The highest BCUT2D eigenvalue weighted by Crippen LogP contribution is 2.07. The predicted octanol–water partition coefficient (Wildman–Crippen LogP) is 2.99. The van der Waals surface area contributed by atoms with E-state index in [9.17, 15) is 4.79 Å². The lowest BCUT2D eigenvalue weighted by molar-refractivity contribution is 0.0953. The van der Waals surface area contributed by atoms with E-state index in [1.807, 2.05) is 24.3 Å². The van der Waals surface area contributed by atoms with Gasteiger partial charge in [0.05, 0.1) is 6.20 Å². The average molecular weight is 272 g/mol. The first kappa shape index (κ1) is 14.3. The summed E-state index contributed by atoms with van der Waals surface area (Å²) in [6, 6.07) is 7.83. The summed E-state index contributed by atoms with van der Waals surface area (Å²) >= 11 is 0. The van der Waals surface area contributed by atoms with Gasteiger partial charge in [0.25, 0.3) is 5.91 Å². The van der Waals surface area contributed by atoms with Crippen molar-refractivity contribution < 1.29 is 9.32 Å². The quantitative estimate of drug-likeness (QED) is 0.788. The molecule has 1 aromatic heterocycles. The van der Waals surface area contributed by atoms with Crippen molar-refractivity contribution >= 4 is 5.91 Å². The monoisotopic (exact) mass is 272 g/mol. The van der Waals surface area contributed by atoms with E-state index < -0.39 is 0 Å². The van der Waals surface area contributed by atoms with Crippen LogP contribution in [0, 0.1) is 0 Å². The highest BCUT2D eigenvalue weighted by atomic mass is 16.5. The van der Waals surface area contributed by atoms with Crippen LogP contribution < -0.4 is 5.32 Å². The smallest absolute Gasteiger partial charge is 0.251 e. The Morgan fingerprint density at radius 2 is 2.00 bits per heavy atom. The zero-order valence-corrected chi connectivity index (χ0v) is 11.8. The topological polar surface area (TPSA) is 55.1 Å². The molecule has 0 radical (unpaired) electrons. The van der Waals surface area contributed by atoms with Gasteiger partial charge in [0.2, 0.25) is 0 Å². The molecule has 4 heteroatoms. The molecule has 2 rings (SSSR count). The molecule has 0 bridgehead atoms. The molecule has 1 N–H and O–H groups in total. The Labute approximate surface area is 119 Å². The van der Waals surface area contributed by atoms with Crippen LogP contribution in [0.2, 0.25) is 0 Å². The molecule has 0 unspecified atom stereocenters. The number of benzene rings is 1. The van der Waals surface area contributed by atoms with Crippen molar-refractivity contribution in [2.75, 3.05) is 6.54 Å². The van der Waals surface area contributed by atoms with Crippen molar-refractivity contribution in [2.45, 2.75) is 32.6 Å². The fraction of sp³-hybridized carbons (Fsp3) is 0.375. The Hall–Kier alpha value is -2.10. The summed E-state index contributed by atoms with van der Waals surface area (Å²) in [4.78, 5) is 11.9. The van der Waals surface area contributed by atoms with Gasteiger partial charge in [-0.25, -0.2) is 0 Å². The number of hydrogen-bond donors (Lipinski definition) is 1. The molecular weight excluding hydrogens is 252 g/mol. The summed E-state index contributed by atoms with van der Waals surface area (Å²) in [7, 11) is 0. The van der Waals surface area contributed by atoms with Gasteiger partial charge < -0.3 is 9.84 Å². The molecule has 1 aromatic carbocycles. The summed E-state index contributed by atoms with van der Waals surface area (Å²) in [5.41, 5.74) is 3.05. The second kappa shape index (κ2) is 7.48. The van der Waals surface area contributed by atoms with E-state index in [4.69, 9.17) is 4.52 Å². The number of aromatic nitrogens is 1. The molecule has 0 spiro atoms. The van der Waals surface area contributed by atoms with Crippen molar-refractivity contribution in [1.82, 2.24) is 10.5 Å². The molecule has 4 nitrogen and oxygen atoms in total. The number of amides is 1. The first-order valence-corrected chi connectivity index (χ1v) is 7.05. The maximum Gasteiger partial charge on any atom is 0.251 e. The van der Waals surface area contributed by atoms with E-state index in [2.05, 4.69) is 17.4 Å². The molecule has 0 fully saturated rings. The van der Waals surface area contributed by atoms with E-state index in [-0.39, 0.29) is 5.91 Å². The Morgan fingerprint density at radius 3 is 2.65 bits per heavy atom. The van der Waals surface area contributed by atoms with Crippen LogP contribution in [0.4, 0.5) is 0 Å². The van der Waals surface area contributed by atoms with Crippen LogP contribution >= 0.6 is 0 Å². The van der Waals surface area contributed by atoms with Crippen molar-refractivity contribution in [3.63, 3.8) is 0 Å². The van der Waals surface area contributed by atoms with Crippen LogP contribution in [0.1, 0.15) is 41.3 Å². The summed E-state index contributed by atoms with van der Waals surface area (Å²) in [6.45, 7) is 2.80. The summed E-state index contributed by atoms with van der Waals surface area (Å²) in [5.74, 6) is -0.0154. The molecule has 20 heavy (non-hydrogen) atoms. The zero-order valence-electron chi connectivity index (χ0n) is 11.8. The first-order valence-electron chi connectivity index (χ1n) is 7.05. The van der Waals surface area contributed by atoms with E-state index in [0.717, 1.165) is 36.8 Å². The lowest BCUT2D eigenvalue weighted by Gasteiger charge is -2.05. The molecular formula is C16H20N2O2. The Balaban J connectivity index is 1.73. The van der Waals surface area contributed by atoms with Crippen LogP contribution in [0.3, 0.4) is 0 Å². The zero-order chi connectivity index (χ0) is 14.2. The van der Waals surface area contributed by atoms with E-state index in [0.29, 0.717) is 6.54 Å². The molecule has 0 aliphatic heterocycles. The number of nitrogens with one attached hydrogen (secondary N) is 1. The molecule has 0 saturated carbocycles. The van der Waals surface area contributed by atoms with Crippen molar-refractivity contribution in [3.8, 4) is 0 Å². The van der Waals surface area contributed by atoms with Crippen molar-refractivity contribution in [1.29, 1.82) is 0 Å². The van der Waals surface area contributed by atoms with Gasteiger partial charge in [0, 0.05) is 17.7 Å². The van der Waals surface area contributed by atoms with Crippen LogP contribution in [-0.2, 0) is 12.8 Å². The Morgan fingerprint density at radius 1 is 1.20 bits per heavy atom. The largest absolute Gasteiger partial charge is 0.364 e. The molecule has 106 valence electrons. The molecule has 1 amide bonds. The molecule has 1 heterocycles. The molecule has 0 saturated heterocycles. The second-order valence-electron chi connectivity index (χ2n) is 4.84. The van der Waals surface area contributed by atoms with Crippen LogP contribution in [-0.4, -0.2) is 17.6 Å². The number of carbonyl (C=O) groups is 1. The second-order valence-corrected chi connectivity index (χ2v) is 4.84. The molecule has 0 atom stereocenters. The van der Waals surface area contributed by atoms with Gasteiger partial charge in [0.1, 0.15) is 6.26 Å². The van der Waals surface area contributed by atoms with Crippen LogP contribution in [0.5, 0.6) is 0 Å². The summed E-state index contributed by atoms with van der Waals surface area (Å²) < 4.78 is 4.76. The number of hydrogen-bond acceptors (Lipinski definition) is 3. The maximum absolute atomic E-state index is 11.9. The SMILES string of the molecule is CCCc1ccc(C(=O)NCCCc2cnoc2)cc1. The minimum atomic E-state index is -0.0154. The molecule has 2 aromatic rings. The van der Waals surface area contributed by atoms with Gasteiger partial charge in [-0.05, 0) is 37.0 Å². The van der Waals surface area contributed by atoms with Crippen LogP contribution in [0.15, 0.2) is 41.2 Å². The highest BCUT2D eigenvalue weighted by molar-refractivity contribution is 5.94. The molecule has 0 aliphatic carbocycles. The fourth-order valence-corrected chi connectivity index (χ4v) is 2.06. The summed E-state index contributed by atoms with van der Waals surface area (Å²) in [6.07, 6.45) is 7.25. The van der Waals surface area contributed by atoms with E-state index in [1.165, 1.54) is 5.56 Å². The van der Waals surface area contributed by atoms with Gasteiger partial charge in [-0.3, -0.25) is 4.79 Å². The standard InChI is InChI=1S/C16H20N2O2/c1-2-4-13-6-8-15(9-7-13)16(19)17-10-3-5-14-11-18-20-12-14/h6-9,11-12H,2-5,10H2,1H3,(H,17,19).